The maximum absolute atomic E-state index is 12.4. The number of anilines is 1. The second kappa shape index (κ2) is 7.33. The van der Waals surface area contributed by atoms with Gasteiger partial charge in [0, 0.05) is 39.3 Å². The van der Waals surface area contributed by atoms with Crippen molar-refractivity contribution < 1.29 is 4.79 Å². The highest BCUT2D eigenvalue weighted by atomic mass is 35.5. The molecule has 8 heteroatoms. The van der Waals surface area contributed by atoms with Gasteiger partial charge in [0.2, 0.25) is 0 Å². The number of thiazole rings is 2. The van der Waals surface area contributed by atoms with Crippen LogP contribution in [-0.4, -0.2) is 20.9 Å². The molecule has 128 valence electrons. The van der Waals surface area contributed by atoms with Gasteiger partial charge in [0.1, 0.15) is 10.7 Å². The van der Waals surface area contributed by atoms with Crippen LogP contribution >= 0.6 is 34.3 Å². The number of nitrogens with one attached hydrogen (secondary N) is 1. The van der Waals surface area contributed by atoms with Gasteiger partial charge in [-0.05, 0) is 24.3 Å². The van der Waals surface area contributed by atoms with Crippen molar-refractivity contribution >= 4 is 45.3 Å². The molecule has 1 amide bonds. The molecule has 0 bridgehead atoms. The first-order valence-electron chi connectivity index (χ1n) is 7.58. The number of rotatable bonds is 4. The largest absolute Gasteiger partial charge is 0.296 e. The molecule has 0 saturated heterocycles. The normalized spacial score (nSPS) is 10.7. The van der Waals surface area contributed by atoms with Crippen molar-refractivity contribution in [3.8, 4) is 21.8 Å². The Morgan fingerprint density at radius 3 is 2.73 bits per heavy atom. The van der Waals surface area contributed by atoms with Crippen LogP contribution in [0.4, 0.5) is 5.13 Å². The Morgan fingerprint density at radius 1 is 1.04 bits per heavy atom. The van der Waals surface area contributed by atoms with Gasteiger partial charge in [0.25, 0.3) is 5.91 Å². The molecule has 4 aromatic rings. The van der Waals surface area contributed by atoms with Crippen LogP contribution in [0.3, 0.4) is 0 Å². The molecule has 3 aromatic heterocycles. The van der Waals surface area contributed by atoms with Gasteiger partial charge in [0.15, 0.2) is 5.13 Å². The zero-order valence-corrected chi connectivity index (χ0v) is 15.6. The Bertz CT molecular complexity index is 1060. The van der Waals surface area contributed by atoms with Crippen LogP contribution in [0.5, 0.6) is 0 Å². The van der Waals surface area contributed by atoms with Crippen molar-refractivity contribution in [3.63, 3.8) is 0 Å². The second-order valence-corrected chi connectivity index (χ2v) is 7.43. The van der Waals surface area contributed by atoms with Gasteiger partial charge >= 0.3 is 0 Å². The third-order valence-corrected chi connectivity index (χ3v) is 5.37. The van der Waals surface area contributed by atoms with E-state index >= 15 is 0 Å². The first-order valence-corrected chi connectivity index (χ1v) is 9.71. The number of hydrogen-bond donors (Lipinski definition) is 1. The smallest absolute Gasteiger partial charge is 0.276 e. The quantitative estimate of drug-likeness (QED) is 0.510. The monoisotopic (exact) mass is 398 g/mol. The van der Waals surface area contributed by atoms with E-state index in [0.717, 1.165) is 21.8 Å². The fraction of sp³-hybridized carbons (Fsp3) is 0. The van der Waals surface area contributed by atoms with Gasteiger partial charge < -0.3 is 0 Å². The second-order valence-electron chi connectivity index (χ2n) is 5.28. The van der Waals surface area contributed by atoms with Crippen molar-refractivity contribution in [1.29, 1.82) is 0 Å². The van der Waals surface area contributed by atoms with Crippen molar-refractivity contribution in [2.24, 2.45) is 0 Å². The number of aromatic nitrogens is 3. The van der Waals surface area contributed by atoms with E-state index in [0.29, 0.717) is 15.8 Å². The first kappa shape index (κ1) is 16.8. The predicted octanol–water partition coefficient (Wildman–Crippen LogP) is 5.23. The van der Waals surface area contributed by atoms with Gasteiger partial charge in [-0.1, -0.05) is 23.7 Å². The van der Waals surface area contributed by atoms with Crippen LogP contribution in [0.25, 0.3) is 21.8 Å². The summed E-state index contributed by atoms with van der Waals surface area (Å²) in [6, 6.07) is 11.2. The number of pyridine rings is 1. The molecule has 26 heavy (non-hydrogen) atoms. The van der Waals surface area contributed by atoms with Crippen molar-refractivity contribution in [2.75, 3.05) is 5.32 Å². The van der Waals surface area contributed by atoms with Gasteiger partial charge in [0.05, 0.1) is 5.69 Å². The molecule has 0 spiro atoms. The maximum atomic E-state index is 12.4. The highest BCUT2D eigenvalue weighted by Gasteiger charge is 2.14. The highest BCUT2D eigenvalue weighted by molar-refractivity contribution is 7.14. The van der Waals surface area contributed by atoms with Crippen LogP contribution in [0.15, 0.2) is 59.6 Å². The zero-order valence-electron chi connectivity index (χ0n) is 13.2. The lowest BCUT2D eigenvalue weighted by molar-refractivity contribution is 0.102. The molecule has 0 atom stereocenters. The summed E-state index contributed by atoms with van der Waals surface area (Å²) in [7, 11) is 0. The van der Waals surface area contributed by atoms with E-state index in [4.69, 9.17) is 11.6 Å². The number of benzene rings is 1. The highest BCUT2D eigenvalue weighted by Crippen LogP contribution is 2.27. The van der Waals surface area contributed by atoms with Crippen molar-refractivity contribution in [2.45, 2.75) is 0 Å². The number of carbonyl (C=O) groups excluding carboxylic acids is 1. The first-order chi connectivity index (χ1) is 12.7. The van der Waals surface area contributed by atoms with E-state index in [1.165, 1.54) is 22.7 Å². The van der Waals surface area contributed by atoms with Gasteiger partial charge in [-0.25, -0.2) is 9.97 Å². The SMILES string of the molecule is O=C(Nc1nc(-c2cccnc2)cs1)c1csc(-c2cccc(Cl)c2)n1. The summed E-state index contributed by atoms with van der Waals surface area (Å²) < 4.78 is 0. The van der Waals surface area contributed by atoms with Crippen LogP contribution in [0.1, 0.15) is 10.5 Å². The van der Waals surface area contributed by atoms with Crippen molar-refractivity contribution in [1.82, 2.24) is 15.0 Å². The molecule has 0 unspecified atom stereocenters. The molecule has 1 N–H and O–H groups in total. The average molecular weight is 399 g/mol. The minimum atomic E-state index is -0.290. The van der Waals surface area contributed by atoms with Gasteiger partial charge in [-0.2, -0.15) is 0 Å². The Morgan fingerprint density at radius 2 is 1.92 bits per heavy atom. The molecule has 3 heterocycles. The predicted molar refractivity (Wildman–Crippen MR) is 106 cm³/mol. The van der Waals surface area contributed by atoms with E-state index in [-0.39, 0.29) is 5.91 Å². The minimum Gasteiger partial charge on any atom is -0.296 e. The molecule has 5 nitrogen and oxygen atoms in total. The van der Waals surface area contributed by atoms with E-state index in [1.54, 1.807) is 23.8 Å². The van der Waals surface area contributed by atoms with E-state index < -0.39 is 0 Å². The molecule has 0 aliphatic rings. The van der Waals surface area contributed by atoms with Crippen molar-refractivity contribution in [3.05, 3.63) is 70.3 Å². The maximum Gasteiger partial charge on any atom is 0.276 e. The molecule has 1 aromatic carbocycles. The van der Waals surface area contributed by atoms with Crippen LogP contribution < -0.4 is 5.32 Å². The lowest BCUT2D eigenvalue weighted by Crippen LogP contribution is -2.12. The summed E-state index contributed by atoms with van der Waals surface area (Å²) in [6.07, 6.45) is 3.44. The summed E-state index contributed by atoms with van der Waals surface area (Å²) in [4.78, 5) is 25.3. The number of hydrogen-bond acceptors (Lipinski definition) is 6. The fourth-order valence-electron chi connectivity index (χ4n) is 2.27. The number of amides is 1. The van der Waals surface area contributed by atoms with E-state index in [1.807, 2.05) is 35.7 Å². The molecule has 0 saturated carbocycles. The topological polar surface area (TPSA) is 67.8 Å². The Labute approximate surface area is 162 Å². The van der Waals surface area contributed by atoms with Crippen LogP contribution in [-0.2, 0) is 0 Å². The van der Waals surface area contributed by atoms with Gasteiger partial charge in [-0.3, -0.25) is 15.1 Å². The van der Waals surface area contributed by atoms with Crippen LogP contribution in [0.2, 0.25) is 5.02 Å². The molecular formula is C18H11ClN4OS2. The molecule has 4 rings (SSSR count). The zero-order chi connectivity index (χ0) is 17.9. The van der Waals surface area contributed by atoms with E-state index in [9.17, 15) is 4.79 Å². The minimum absolute atomic E-state index is 0.290. The fourth-order valence-corrected chi connectivity index (χ4v) is 3.97. The number of nitrogens with zero attached hydrogens (tertiary/aromatic N) is 3. The molecule has 0 aliphatic heterocycles. The third-order valence-electron chi connectivity index (χ3n) is 3.49. The standard InChI is InChI=1S/C18H11ClN4OS2/c19-13-5-1-3-11(7-13)17-21-15(10-25-17)16(24)23-18-22-14(9-26-18)12-4-2-6-20-8-12/h1-10H,(H,22,23,24). The average Bonchev–Trinajstić information content (AvgIpc) is 3.32. The molecular weight excluding hydrogens is 388 g/mol. The molecule has 0 fully saturated rings. The Balaban J connectivity index is 1.50. The Hall–Kier alpha value is -2.61. The lowest BCUT2D eigenvalue weighted by Gasteiger charge is -1.99. The number of halogens is 1. The molecule has 0 radical (unpaired) electrons. The lowest BCUT2D eigenvalue weighted by atomic mass is 10.2. The summed E-state index contributed by atoms with van der Waals surface area (Å²) in [6.45, 7) is 0. The summed E-state index contributed by atoms with van der Waals surface area (Å²) >= 11 is 8.77. The summed E-state index contributed by atoms with van der Waals surface area (Å²) in [5.41, 5.74) is 2.91. The number of carbonyl (C=O) groups is 1. The molecule has 0 aliphatic carbocycles. The van der Waals surface area contributed by atoms with Gasteiger partial charge in [-0.15, -0.1) is 22.7 Å². The van der Waals surface area contributed by atoms with Crippen LogP contribution in [0, 0.1) is 0 Å². The summed E-state index contributed by atoms with van der Waals surface area (Å²) in [5.74, 6) is -0.290. The third kappa shape index (κ3) is 3.65. The summed E-state index contributed by atoms with van der Waals surface area (Å²) in [5, 5.41) is 8.29. The van der Waals surface area contributed by atoms with E-state index in [2.05, 4.69) is 20.3 Å². The Kier molecular flexibility index (Phi) is 4.75.